The Labute approximate surface area is 224 Å². The molecule has 6 rings (SSSR count). The van der Waals surface area contributed by atoms with Gasteiger partial charge in [0, 0.05) is 80.9 Å². The number of benzene rings is 1. The van der Waals surface area contributed by atoms with Gasteiger partial charge in [-0.2, -0.15) is 0 Å². The molecule has 0 aliphatic carbocycles. The van der Waals surface area contributed by atoms with E-state index in [1.807, 2.05) is 79.3 Å². The highest BCUT2D eigenvalue weighted by molar-refractivity contribution is 7.92. The molecule has 0 bridgehead atoms. The molecule has 0 radical (unpaired) electrons. The van der Waals surface area contributed by atoms with Crippen LogP contribution in [0.25, 0.3) is 32.9 Å². The highest BCUT2D eigenvalue weighted by Gasteiger charge is 2.27. The number of nitrogens with zero attached hydrogens (tertiary/aromatic N) is 6. The van der Waals surface area contributed by atoms with Crippen molar-refractivity contribution in [3.8, 4) is 11.1 Å². The molecule has 11 nitrogen and oxygen atoms in total. The molecule has 0 atom stereocenters. The van der Waals surface area contributed by atoms with Gasteiger partial charge >= 0.3 is 0 Å². The minimum atomic E-state index is -3.57. The number of aromatic amines is 1. The minimum absolute atomic E-state index is 0.0633. The number of imidazole rings is 2. The average molecular weight is 545 g/mol. The lowest BCUT2D eigenvalue weighted by Crippen LogP contribution is -2.19. The molecular weight excluding hydrogens is 516 g/mol. The van der Waals surface area contributed by atoms with Gasteiger partial charge in [-0.25, -0.2) is 18.4 Å². The van der Waals surface area contributed by atoms with E-state index in [-0.39, 0.29) is 17.4 Å². The number of fused-ring (bicyclic) bond motifs is 2. The van der Waals surface area contributed by atoms with Crippen LogP contribution in [0.2, 0.25) is 0 Å². The molecule has 1 aromatic carbocycles. The molecule has 39 heavy (non-hydrogen) atoms. The zero-order valence-electron chi connectivity index (χ0n) is 22.0. The first kappa shape index (κ1) is 24.7. The normalized spacial score (nSPS) is 12.2. The Bertz CT molecular complexity index is 1980. The van der Waals surface area contributed by atoms with Crippen LogP contribution >= 0.6 is 0 Å². The van der Waals surface area contributed by atoms with Gasteiger partial charge < -0.3 is 23.3 Å². The van der Waals surface area contributed by atoms with Gasteiger partial charge in [-0.1, -0.05) is 0 Å². The Hall–Kier alpha value is -4.58. The molecule has 0 amide bonds. The minimum Gasteiger partial charge on any atom is -0.345 e. The monoisotopic (exact) mass is 544 g/mol. The number of aryl methyl sites for hydroxylation is 3. The van der Waals surface area contributed by atoms with Crippen molar-refractivity contribution in [2.24, 2.45) is 21.1 Å². The molecule has 0 unspecified atom stereocenters. The second-order valence-electron chi connectivity index (χ2n) is 9.60. The smallest absolute Gasteiger partial charge is 0.272 e. The first-order chi connectivity index (χ1) is 18.7. The summed E-state index contributed by atoms with van der Waals surface area (Å²) >= 11 is 0. The standard InChI is InChI=1S/C27H28N8O3S/c1-5-39(37,38)31-21-14-17(20-16-34(4)23-18(20)6-8-30-27(23)36)15-22-19(21)7-11-35(22)24(25-28-9-12-32(25)2)26-29-10-13-33(26)3/h6-16,24,31H,5H2,1-4H3,(H,30,36). The van der Waals surface area contributed by atoms with Crippen LogP contribution in [0.4, 0.5) is 5.69 Å². The number of hydrogen-bond acceptors (Lipinski definition) is 5. The first-order valence-electron chi connectivity index (χ1n) is 12.4. The molecule has 12 heteroatoms. The molecule has 0 aliphatic heterocycles. The van der Waals surface area contributed by atoms with Crippen molar-refractivity contribution in [2.75, 3.05) is 10.5 Å². The summed E-state index contributed by atoms with van der Waals surface area (Å²) in [6.07, 6.45) is 12.7. The van der Waals surface area contributed by atoms with Crippen molar-refractivity contribution in [1.29, 1.82) is 0 Å². The van der Waals surface area contributed by atoms with Gasteiger partial charge in [-0.05, 0) is 36.8 Å². The second-order valence-corrected chi connectivity index (χ2v) is 11.6. The maximum atomic E-state index is 12.7. The zero-order valence-corrected chi connectivity index (χ0v) is 22.8. The number of rotatable bonds is 7. The summed E-state index contributed by atoms with van der Waals surface area (Å²) < 4.78 is 36.0. The number of H-pyrrole nitrogens is 1. The van der Waals surface area contributed by atoms with Crippen molar-refractivity contribution in [2.45, 2.75) is 13.0 Å². The molecule has 200 valence electrons. The van der Waals surface area contributed by atoms with E-state index >= 15 is 0 Å². The van der Waals surface area contributed by atoms with E-state index < -0.39 is 10.0 Å². The summed E-state index contributed by atoms with van der Waals surface area (Å²) in [5, 5.41) is 1.51. The Morgan fingerprint density at radius 1 is 0.949 bits per heavy atom. The lowest BCUT2D eigenvalue weighted by Gasteiger charge is -2.21. The van der Waals surface area contributed by atoms with Gasteiger partial charge in [0.2, 0.25) is 10.0 Å². The first-order valence-corrected chi connectivity index (χ1v) is 14.1. The number of hydrogen-bond donors (Lipinski definition) is 2. The third-order valence-corrected chi connectivity index (χ3v) is 8.47. The van der Waals surface area contributed by atoms with E-state index in [4.69, 9.17) is 0 Å². The Kier molecular flexibility index (Phi) is 5.72. The average Bonchev–Trinajstić information content (AvgIpc) is 3.69. The molecule has 0 saturated heterocycles. The summed E-state index contributed by atoms with van der Waals surface area (Å²) in [6, 6.07) is 7.22. The van der Waals surface area contributed by atoms with Crippen molar-refractivity contribution >= 4 is 37.5 Å². The molecule has 0 spiro atoms. The van der Waals surface area contributed by atoms with Gasteiger partial charge in [0.25, 0.3) is 5.56 Å². The molecule has 2 N–H and O–H groups in total. The topological polar surface area (TPSA) is 125 Å². The van der Waals surface area contributed by atoms with Crippen LogP contribution in [0.1, 0.15) is 24.6 Å². The second kappa shape index (κ2) is 9.02. The number of anilines is 1. The molecule has 5 heterocycles. The molecule has 0 fully saturated rings. The molecule has 0 saturated carbocycles. The van der Waals surface area contributed by atoms with Gasteiger partial charge in [0.05, 0.1) is 17.0 Å². The summed E-state index contributed by atoms with van der Waals surface area (Å²) in [7, 11) is 2.12. The van der Waals surface area contributed by atoms with Crippen LogP contribution in [0.15, 0.2) is 72.4 Å². The predicted octanol–water partition coefficient (Wildman–Crippen LogP) is 3.35. The van der Waals surface area contributed by atoms with E-state index in [1.165, 1.54) is 0 Å². The van der Waals surface area contributed by atoms with E-state index in [0.29, 0.717) is 11.2 Å². The van der Waals surface area contributed by atoms with Crippen LogP contribution < -0.4 is 10.3 Å². The fourth-order valence-electron chi connectivity index (χ4n) is 5.21. The van der Waals surface area contributed by atoms with Crippen molar-refractivity contribution in [1.82, 2.24) is 33.2 Å². The quantitative estimate of drug-likeness (QED) is 0.319. The fourth-order valence-corrected chi connectivity index (χ4v) is 5.86. The maximum Gasteiger partial charge on any atom is 0.272 e. The third kappa shape index (κ3) is 4.04. The van der Waals surface area contributed by atoms with Crippen LogP contribution in [-0.2, 0) is 31.2 Å². The lowest BCUT2D eigenvalue weighted by molar-refractivity contribution is 0.573. The summed E-state index contributed by atoms with van der Waals surface area (Å²) in [6.45, 7) is 1.60. The Morgan fingerprint density at radius 3 is 2.26 bits per heavy atom. The van der Waals surface area contributed by atoms with E-state index in [0.717, 1.165) is 39.1 Å². The van der Waals surface area contributed by atoms with Crippen molar-refractivity contribution in [3.63, 3.8) is 0 Å². The van der Waals surface area contributed by atoms with Crippen LogP contribution in [0.3, 0.4) is 0 Å². The van der Waals surface area contributed by atoms with Gasteiger partial charge in [0.15, 0.2) is 0 Å². The van der Waals surface area contributed by atoms with Crippen molar-refractivity contribution < 1.29 is 8.42 Å². The molecule has 6 aromatic rings. The van der Waals surface area contributed by atoms with Gasteiger partial charge in [-0.3, -0.25) is 9.52 Å². The molecule has 5 aromatic heterocycles. The summed E-state index contributed by atoms with van der Waals surface area (Å²) in [5.41, 5.74) is 3.18. The lowest BCUT2D eigenvalue weighted by atomic mass is 10.0. The number of nitrogens with one attached hydrogen (secondary N) is 2. The number of aromatic nitrogens is 7. The summed E-state index contributed by atoms with van der Waals surface area (Å²) in [5.74, 6) is 1.49. The number of pyridine rings is 1. The largest absolute Gasteiger partial charge is 0.345 e. The third-order valence-electron chi connectivity index (χ3n) is 7.18. The van der Waals surface area contributed by atoms with E-state index in [2.05, 4.69) is 24.2 Å². The Balaban J connectivity index is 1.67. The SMILES string of the molecule is CCS(=O)(=O)Nc1cc(-c2cn(C)c3c(=O)[nH]ccc23)cc2c1ccn2C(c1nccn1C)c1nccn1C. The molecule has 0 aliphatic rings. The van der Waals surface area contributed by atoms with Gasteiger partial charge in [0.1, 0.15) is 23.2 Å². The maximum absolute atomic E-state index is 12.7. The van der Waals surface area contributed by atoms with Crippen LogP contribution in [-0.4, -0.2) is 47.4 Å². The highest BCUT2D eigenvalue weighted by Crippen LogP contribution is 2.38. The highest BCUT2D eigenvalue weighted by atomic mass is 32.2. The van der Waals surface area contributed by atoms with Crippen LogP contribution in [0.5, 0.6) is 0 Å². The van der Waals surface area contributed by atoms with E-state index in [9.17, 15) is 13.2 Å². The Morgan fingerprint density at radius 2 is 1.64 bits per heavy atom. The summed E-state index contributed by atoms with van der Waals surface area (Å²) in [4.78, 5) is 24.6. The number of sulfonamides is 1. The predicted molar refractivity (Wildman–Crippen MR) is 151 cm³/mol. The van der Waals surface area contributed by atoms with E-state index in [1.54, 1.807) is 30.1 Å². The zero-order chi connectivity index (χ0) is 27.5. The van der Waals surface area contributed by atoms with Crippen LogP contribution in [0, 0.1) is 0 Å². The fraction of sp³-hybridized carbons (Fsp3) is 0.222. The van der Waals surface area contributed by atoms with Crippen molar-refractivity contribution in [3.05, 3.63) is 89.6 Å². The molecular formula is C27H28N8O3S. The van der Waals surface area contributed by atoms with Gasteiger partial charge in [-0.15, -0.1) is 0 Å².